The van der Waals surface area contributed by atoms with E-state index in [9.17, 15) is 8.42 Å². The number of nitrogens with zero attached hydrogens (tertiary/aromatic N) is 3. The lowest BCUT2D eigenvalue weighted by Crippen LogP contribution is -2.25. The van der Waals surface area contributed by atoms with E-state index in [1.54, 1.807) is 12.1 Å². The van der Waals surface area contributed by atoms with E-state index in [0.717, 1.165) is 0 Å². The number of nitrogens with two attached hydrogens (primary N) is 1. The summed E-state index contributed by atoms with van der Waals surface area (Å²) in [6, 6.07) is 6.08. The summed E-state index contributed by atoms with van der Waals surface area (Å²) in [7, 11) is -2.26. The molecule has 0 atom stereocenters. The minimum atomic E-state index is -3.77. The zero-order chi connectivity index (χ0) is 17.0. The fourth-order valence-corrected chi connectivity index (χ4v) is 3.38. The summed E-state index contributed by atoms with van der Waals surface area (Å²) in [4.78, 5) is 10.2. The van der Waals surface area contributed by atoms with Crippen molar-refractivity contribution < 1.29 is 13.2 Å². The molecule has 0 aliphatic carbocycles. The van der Waals surface area contributed by atoms with E-state index in [1.807, 2.05) is 18.7 Å². The Morgan fingerprint density at radius 2 is 1.78 bits per heavy atom. The van der Waals surface area contributed by atoms with Crippen molar-refractivity contribution in [3.8, 4) is 5.75 Å². The van der Waals surface area contributed by atoms with Crippen LogP contribution in [0.3, 0.4) is 0 Å². The smallest absolute Gasteiger partial charge is 0.227 e. The highest BCUT2D eigenvalue weighted by molar-refractivity contribution is 7.91. The van der Waals surface area contributed by atoms with Crippen LogP contribution in [0.25, 0.3) is 0 Å². The zero-order valence-electron chi connectivity index (χ0n) is 13.4. The molecular weight excluding hydrogens is 316 g/mol. The van der Waals surface area contributed by atoms with E-state index in [0.29, 0.717) is 24.8 Å². The second-order valence-corrected chi connectivity index (χ2v) is 6.69. The van der Waals surface area contributed by atoms with E-state index in [2.05, 4.69) is 9.97 Å². The van der Waals surface area contributed by atoms with E-state index < -0.39 is 9.84 Å². The van der Waals surface area contributed by atoms with Crippen LogP contribution in [0.15, 0.2) is 40.3 Å². The molecule has 2 rings (SSSR count). The first kappa shape index (κ1) is 17.0. The van der Waals surface area contributed by atoms with Crippen molar-refractivity contribution in [2.24, 2.45) is 0 Å². The summed E-state index contributed by atoms with van der Waals surface area (Å²) < 4.78 is 30.3. The second kappa shape index (κ2) is 6.82. The predicted molar refractivity (Wildman–Crippen MR) is 88.5 cm³/mol. The average molecular weight is 336 g/mol. The number of rotatable bonds is 6. The van der Waals surface area contributed by atoms with Gasteiger partial charge in [-0.2, -0.15) is 4.98 Å². The van der Waals surface area contributed by atoms with Gasteiger partial charge < -0.3 is 15.4 Å². The molecule has 0 aliphatic heterocycles. The summed E-state index contributed by atoms with van der Waals surface area (Å²) in [6.45, 7) is 5.34. The fourth-order valence-electron chi connectivity index (χ4n) is 2.12. The highest BCUT2D eigenvalue weighted by atomic mass is 32.2. The molecule has 0 spiro atoms. The Morgan fingerprint density at radius 3 is 2.26 bits per heavy atom. The molecular formula is C15H20N4O3S. The van der Waals surface area contributed by atoms with Gasteiger partial charge in [0.15, 0.2) is 0 Å². The number of anilines is 2. The maximum atomic E-state index is 12.7. The SMILES string of the molecule is CCN(CC)c1ncc(S(=O)(=O)c2ccc(OC)cc2)c(N)n1. The van der Waals surface area contributed by atoms with Crippen LogP contribution >= 0.6 is 0 Å². The summed E-state index contributed by atoms with van der Waals surface area (Å²) in [6.07, 6.45) is 1.26. The molecule has 0 saturated carbocycles. The lowest BCUT2D eigenvalue weighted by Gasteiger charge is -2.19. The van der Waals surface area contributed by atoms with Crippen LogP contribution in [0, 0.1) is 0 Å². The van der Waals surface area contributed by atoms with Crippen molar-refractivity contribution >= 4 is 21.6 Å². The summed E-state index contributed by atoms with van der Waals surface area (Å²) in [5.74, 6) is 0.934. The van der Waals surface area contributed by atoms with Crippen LogP contribution in [0.2, 0.25) is 0 Å². The Labute approximate surface area is 136 Å². The normalized spacial score (nSPS) is 11.3. The minimum Gasteiger partial charge on any atom is -0.497 e. The van der Waals surface area contributed by atoms with Crippen LogP contribution in [0.1, 0.15) is 13.8 Å². The Hall–Kier alpha value is -2.35. The van der Waals surface area contributed by atoms with Crippen LogP contribution in [-0.4, -0.2) is 38.6 Å². The Morgan fingerprint density at radius 1 is 1.17 bits per heavy atom. The maximum Gasteiger partial charge on any atom is 0.227 e. The molecule has 2 N–H and O–H groups in total. The fraction of sp³-hybridized carbons (Fsp3) is 0.333. The third-order valence-corrected chi connectivity index (χ3v) is 5.26. The highest BCUT2D eigenvalue weighted by Gasteiger charge is 2.23. The molecule has 1 heterocycles. The third-order valence-electron chi connectivity index (χ3n) is 3.48. The van der Waals surface area contributed by atoms with Crippen molar-refractivity contribution in [1.82, 2.24) is 9.97 Å². The van der Waals surface area contributed by atoms with Crippen molar-refractivity contribution in [2.45, 2.75) is 23.6 Å². The number of ether oxygens (including phenoxy) is 1. The van der Waals surface area contributed by atoms with Gasteiger partial charge in [-0.25, -0.2) is 13.4 Å². The van der Waals surface area contributed by atoms with Gasteiger partial charge in [0.1, 0.15) is 16.5 Å². The van der Waals surface area contributed by atoms with Gasteiger partial charge in [-0.3, -0.25) is 0 Å². The lowest BCUT2D eigenvalue weighted by atomic mass is 10.3. The first-order valence-corrected chi connectivity index (χ1v) is 8.69. The first-order valence-electron chi connectivity index (χ1n) is 7.20. The molecule has 8 heteroatoms. The van der Waals surface area contributed by atoms with E-state index in [1.165, 1.54) is 25.4 Å². The van der Waals surface area contributed by atoms with Crippen LogP contribution in [0.4, 0.5) is 11.8 Å². The van der Waals surface area contributed by atoms with Crippen LogP contribution in [0.5, 0.6) is 5.75 Å². The Balaban J connectivity index is 2.43. The Kier molecular flexibility index (Phi) is 5.05. The van der Waals surface area contributed by atoms with Gasteiger partial charge in [0, 0.05) is 13.1 Å². The molecule has 0 fully saturated rings. The van der Waals surface area contributed by atoms with E-state index >= 15 is 0 Å². The monoisotopic (exact) mass is 336 g/mol. The largest absolute Gasteiger partial charge is 0.497 e. The molecule has 1 aromatic heterocycles. The van der Waals surface area contributed by atoms with Crippen molar-refractivity contribution in [2.75, 3.05) is 30.8 Å². The van der Waals surface area contributed by atoms with E-state index in [-0.39, 0.29) is 15.6 Å². The summed E-state index contributed by atoms with van der Waals surface area (Å²) in [5, 5.41) is 0. The van der Waals surface area contributed by atoms with E-state index in [4.69, 9.17) is 10.5 Å². The quantitative estimate of drug-likeness (QED) is 0.858. The van der Waals surface area contributed by atoms with Gasteiger partial charge in [-0.1, -0.05) is 0 Å². The standard InChI is InChI=1S/C15H20N4O3S/c1-4-19(5-2)15-17-10-13(14(16)18-15)23(20,21)12-8-6-11(22-3)7-9-12/h6-10H,4-5H2,1-3H3,(H2,16,17,18). The third kappa shape index (κ3) is 3.37. The molecule has 0 unspecified atom stereocenters. The van der Waals surface area contributed by atoms with Gasteiger partial charge in [-0.15, -0.1) is 0 Å². The van der Waals surface area contributed by atoms with Gasteiger partial charge in [0.25, 0.3) is 0 Å². The van der Waals surface area contributed by atoms with Crippen LogP contribution < -0.4 is 15.4 Å². The Bertz CT molecular complexity index is 772. The number of benzene rings is 1. The van der Waals surface area contributed by atoms with Gasteiger partial charge in [0.05, 0.1) is 18.2 Å². The molecule has 0 bridgehead atoms. The number of hydrogen-bond donors (Lipinski definition) is 1. The topological polar surface area (TPSA) is 98.4 Å². The molecule has 0 saturated heterocycles. The maximum absolute atomic E-state index is 12.7. The number of hydrogen-bond acceptors (Lipinski definition) is 7. The second-order valence-electron chi connectivity index (χ2n) is 4.77. The molecule has 0 aliphatic rings. The highest BCUT2D eigenvalue weighted by Crippen LogP contribution is 2.26. The predicted octanol–water partition coefficient (Wildman–Crippen LogP) is 1.75. The van der Waals surface area contributed by atoms with Gasteiger partial charge in [-0.05, 0) is 38.1 Å². The number of aromatic nitrogens is 2. The molecule has 7 nitrogen and oxygen atoms in total. The zero-order valence-corrected chi connectivity index (χ0v) is 14.2. The number of nitrogen functional groups attached to an aromatic ring is 1. The number of sulfone groups is 1. The van der Waals surface area contributed by atoms with Gasteiger partial charge >= 0.3 is 0 Å². The van der Waals surface area contributed by atoms with Crippen molar-refractivity contribution in [3.63, 3.8) is 0 Å². The van der Waals surface area contributed by atoms with Crippen molar-refractivity contribution in [1.29, 1.82) is 0 Å². The van der Waals surface area contributed by atoms with Crippen molar-refractivity contribution in [3.05, 3.63) is 30.5 Å². The molecule has 2 aromatic rings. The first-order chi connectivity index (χ1) is 10.9. The molecule has 1 aromatic carbocycles. The number of methoxy groups -OCH3 is 1. The molecule has 124 valence electrons. The average Bonchev–Trinajstić information content (AvgIpc) is 2.56. The molecule has 23 heavy (non-hydrogen) atoms. The summed E-state index contributed by atoms with van der Waals surface area (Å²) >= 11 is 0. The minimum absolute atomic E-state index is 0.0577. The molecule has 0 radical (unpaired) electrons. The lowest BCUT2D eigenvalue weighted by molar-refractivity contribution is 0.414. The summed E-state index contributed by atoms with van der Waals surface area (Å²) in [5.41, 5.74) is 5.87. The molecule has 0 amide bonds. The van der Waals surface area contributed by atoms with Gasteiger partial charge in [0.2, 0.25) is 15.8 Å². The van der Waals surface area contributed by atoms with Crippen LogP contribution in [-0.2, 0) is 9.84 Å².